The van der Waals surface area contributed by atoms with Crippen LogP contribution in [0.15, 0.2) is 54.7 Å². The Morgan fingerprint density at radius 1 is 1.08 bits per heavy atom. The summed E-state index contributed by atoms with van der Waals surface area (Å²) in [6.07, 6.45) is 1.01. The highest BCUT2D eigenvalue weighted by atomic mass is 16.5. The summed E-state index contributed by atoms with van der Waals surface area (Å²) in [5.74, 6) is -0.134. The first kappa shape index (κ1) is 15.8. The van der Waals surface area contributed by atoms with Gasteiger partial charge < -0.3 is 14.5 Å². The average Bonchev–Trinajstić information content (AvgIpc) is 3.04. The number of carbonyl (C=O) groups is 2. The van der Waals surface area contributed by atoms with Gasteiger partial charge in [-0.25, -0.2) is 4.79 Å². The largest absolute Gasteiger partial charge is 0.483 e. The molecule has 5 nitrogen and oxygen atoms in total. The fraction of sp³-hybridized carbons (Fsp3) is 0.158. The number of ether oxygens (including phenoxy) is 2. The van der Waals surface area contributed by atoms with E-state index in [0.717, 1.165) is 10.9 Å². The van der Waals surface area contributed by atoms with E-state index in [1.807, 2.05) is 24.3 Å². The smallest absolute Gasteiger partial charge is 0.337 e. The Balaban J connectivity index is 1.81. The van der Waals surface area contributed by atoms with E-state index in [0.29, 0.717) is 16.9 Å². The number of methoxy groups -OCH3 is 1. The summed E-state index contributed by atoms with van der Waals surface area (Å²) in [5.41, 5.74) is 1.87. The van der Waals surface area contributed by atoms with E-state index < -0.39 is 12.1 Å². The van der Waals surface area contributed by atoms with Crippen molar-refractivity contribution < 1.29 is 19.1 Å². The van der Waals surface area contributed by atoms with Gasteiger partial charge in [0.2, 0.25) is 5.78 Å². The van der Waals surface area contributed by atoms with Gasteiger partial charge in [-0.15, -0.1) is 0 Å². The Labute approximate surface area is 139 Å². The number of ketones is 1. The van der Waals surface area contributed by atoms with Crippen LogP contribution >= 0.6 is 0 Å². The Hall–Kier alpha value is -3.08. The minimum atomic E-state index is -0.683. The van der Waals surface area contributed by atoms with Crippen LogP contribution in [0, 0.1) is 0 Å². The Kier molecular flexibility index (Phi) is 4.33. The van der Waals surface area contributed by atoms with E-state index >= 15 is 0 Å². The second kappa shape index (κ2) is 6.58. The van der Waals surface area contributed by atoms with E-state index in [1.165, 1.54) is 7.11 Å². The van der Waals surface area contributed by atoms with Crippen molar-refractivity contribution in [2.45, 2.75) is 13.0 Å². The Bertz CT molecular complexity index is 897. The lowest BCUT2D eigenvalue weighted by atomic mass is 10.1. The molecule has 0 fully saturated rings. The number of carbonyl (C=O) groups excluding carboxylic acids is 2. The van der Waals surface area contributed by atoms with Crippen LogP contribution in [0.2, 0.25) is 0 Å². The zero-order chi connectivity index (χ0) is 17.1. The maximum atomic E-state index is 12.7. The Morgan fingerprint density at radius 2 is 1.88 bits per heavy atom. The van der Waals surface area contributed by atoms with Crippen LogP contribution in [0.4, 0.5) is 0 Å². The van der Waals surface area contributed by atoms with Gasteiger partial charge in [0.1, 0.15) is 5.75 Å². The maximum absolute atomic E-state index is 12.7. The molecule has 0 spiro atoms. The summed E-state index contributed by atoms with van der Waals surface area (Å²) < 4.78 is 10.4. The Morgan fingerprint density at radius 3 is 2.67 bits per heavy atom. The van der Waals surface area contributed by atoms with Crippen LogP contribution in [0.1, 0.15) is 27.6 Å². The van der Waals surface area contributed by atoms with Crippen LogP contribution in [0.25, 0.3) is 10.9 Å². The number of fused-ring (bicyclic) bond motifs is 1. The molecule has 0 aliphatic carbocycles. The molecule has 0 aliphatic rings. The van der Waals surface area contributed by atoms with Crippen molar-refractivity contribution in [3.05, 3.63) is 65.9 Å². The molecular weight excluding hydrogens is 306 g/mol. The predicted octanol–water partition coefficient (Wildman–Crippen LogP) is 3.60. The van der Waals surface area contributed by atoms with Crippen molar-refractivity contribution in [2.24, 2.45) is 0 Å². The lowest BCUT2D eigenvalue weighted by Gasteiger charge is -2.14. The number of hydrogen-bond acceptors (Lipinski definition) is 4. The van der Waals surface area contributed by atoms with Gasteiger partial charge in [0.25, 0.3) is 0 Å². The molecule has 1 aromatic heterocycles. The lowest BCUT2D eigenvalue weighted by molar-refractivity contribution is 0.0600. The summed E-state index contributed by atoms with van der Waals surface area (Å²) in [5, 5.41) is 0.862. The van der Waals surface area contributed by atoms with Gasteiger partial charge >= 0.3 is 5.97 Å². The first-order valence-corrected chi connectivity index (χ1v) is 7.55. The van der Waals surface area contributed by atoms with Crippen molar-refractivity contribution in [3.8, 4) is 5.75 Å². The van der Waals surface area contributed by atoms with Gasteiger partial charge in [0.15, 0.2) is 6.10 Å². The zero-order valence-electron chi connectivity index (χ0n) is 13.4. The van der Waals surface area contributed by atoms with Gasteiger partial charge in [0, 0.05) is 22.7 Å². The number of para-hydroxylation sites is 1. The number of esters is 1. The number of hydrogen-bond donors (Lipinski definition) is 1. The number of aromatic nitrogens is 1. The number of aromatic amines is 1. The van der Waals surface area contributed by atoms with Crippen LogP contribution in [-0.4, -0.2) is 30.0 Å². The first-order chi connectivity index (χ1) is 11.6. The number of H-pyrrole nitrogens is 1. The molecule has 0 unspecified atom stereocenters. The second-order valence-electron chi connectivity index (χ2n) is 5.39. The molecule has 0 radical (unpaired) electrons. The summed E-state index contributed by atoms with van der Waals surface area (Å²) in [4.78, 5) is 27.3. The van der Waals surface area contributed by atoms with Gasteiger partial charge in [-0.2, -0.15) is 0 Å². The molecule has 0 saturated heterocycles. The van der Waals surface area contributed by atoms with Gasteiger partial charge in [-0.1, -0.05) is 24.3 Å². The summed E-state index contributed by atoms with van der Waals surface area (Å²) in [6.45, 7) is 1.69. The van der Waals surface area contributed by atoms with Gasteiger partial charge in [-0.05, 0) is 31.2 Å². The molecule has 1 N–H and O–H groups in total. The van der Waals surface area contributed by atoms with Crippen LogP contribution in [0.5, 0.6) is 5.75 Å². The van der Waals surface area contributed by atoms with Crippen LogP contribution in [-0.2, 0) is 4.74 Å². The molecule has 122 valence electrons. The van der Waals surface area contributed by atoms with Crippen molar-refractivity contribution in [1.29, 1.82) is 0 Å². The average molecular weight is 323 g/mol. The van der Waals surface area contributed by atoms with E-state index in [-0.39, 0.29) is 5.78 Å². The first-order valence-electron chi connectivity index (χ1n) is 7.55. The highest BCUT2D eigenvalue weighted by molar-refractivity contribution is 6.09. The number of rotatable bonds is 5. The quantitative estimate of drug-likeness (QED) is 0.575. The van der Waals surface area contributed by atoms with Gasteiger partial charge in [-0.3, -0.25) is 4.79 Å². The molecule has 0 aliphatic heterocycles. The van der Waals surface area contributed by atoms with E-state index in [9.17, 15) is 9.59 Å². The number of benzene rings is 2. The zero-order valence-corrected chi connectivity index (χ0v) is 13.4. The van der Waals surface area contributed by atoms with E-state index in [1.54, 1.807) is 37.4 Å². The molecule has 0 amide bonds. The molecule has 0 bridgehead atoms. The lowest BCUT2D eigenvalue weighted by Crippen LogP contribution is -2.23. The highest BCUT2D eigenvalue weighted by Gasteiger charge is 2.20. The maximum Gasteiger partial charge on any atom is 0.337 e. The third kappa shape index (κ3) is 3.01. The summed E-state index contributed by atoms with van der Waals surface area (Å²) >= 11 is 0. The van der Waals surface area contributed by atoms with E-state index in [2.05, 4.69) is 9.72 Å². The normalized spacial score (nSPS) is 11.9. The SMILES string of the molecule is COC(=O)c1cccc(O[C@@H](C)C(=O)c2c[nH]c3ccccc23)c1. The third-order valence-corrected chi connectivity index (χ3v) is 3.79. The minimum Gasteiger partial charge on any atom is -0.483 e. The molecular formula is C19H17NO4. The molecule has 1 heterocycles. The molecule has 1 atom stereocenters. The van der Waals surface area contributed by atoms with Crippen molar-refractivity contribution in [3.63, 3.8) is 0 Å². The van der Waals surface area contributed by atoms with Crippen LogP contribution < -0.4 is 4.74 Å². The number of Topliss-reactive ketones (excluding diaryl/α,β-unsaturated/α-hetero) is 1. The summed E-state index contributed by atoms with van der Waals surface area (Å²) in [7, 11) is 1.32. The molecule has 3 aromatic rings. The monoisotopic (exact) mass is 323 g/mol. The fourth-order valence-corrected chi connectivity index (χ4v) is 2.57. The highest BCUT2D eigenvalue weighted by Crippen LogP contribution is 2.22. The number of nitrogens with one attached hydrogen (secondary N) is 1. The van der Waals surface area contributed by atoms with Crippen LogP contribution in [0.3, 0.4) is 0 Å². The predicted molar refractivity (Wildman–Crippen MR) is 90.5 cm³/mol. The van der Waals surface area contributed by atoms with E-state index in [4.69, 9.17) is 4.74 Å². The topological polar surface area (TPSA) is 68.4 Å². The molecule has 2 aromatic carbocycles. The standard InChI is InChI=1S/C19H17NO4/c1-12(24-14-7-5-6-13(10-14)19(22)23-2)18(21)16-11-20-17-9-4-3-8-15(16)17/h3-12,20H,1-2H3/t12-/m0/s1. The van der Waals surface area contributed by atoms with Crippen molar-refractivity contribution in [1.82, 2.24) is 4.98 Å². The molecule has 3 rings (SSSR count). The van der Waals surface area contributed by atoms with Gasteiger partial charge in [0.05, 0.1) is 12.7 Å². The second-order valence-corrected chi connectivity index (χ2v) is 5.39. The molecule has 0 saturated carbocycles. The third-order valence-electron chi connectivity index (χ3n) is 3.79. The molecule has 24 heavy (non-hydrogen) atoms. The fourth-order valence-electron chi connectivity index (χ4n) is 2.57. The van der Waals surface area contributed by atoms with Crippen molar-refractivity contribution >= 4 is 22.7 Å². The molecule has 5 heteroatoms. The van der Waals surface area contributed by atoms with Crippen molar-refractivity contribution in [2.75, 3.05) is 7.11 Å². The summed E-state index contributed by atoms with van der Waals surface area (Å²) in [6, 6.07) is 14.2. The minimum absolute atomic E-state index is 0.129.